The molecule has 408 valence electrons. The van der Waals surface area contributed by atoms with Gasteiger partial charge in [-0.05, 0) is 65.4 Å². The molecule has 18 nitrogen and oxygen atoms in total. The van der Waals surface area contributed by atoms with Gasteiger partial charge in [-0.25, -0.2) is 0 Å². The summed E-state index contributed by atoms with van der Waals surface area (Å²) in [5.74, 6) is 0. The lowest BCUT2D eigenvalue weighted by Crippen LogP contribution is -2.65. The van der Waals surface area contributed by atoms with Crippen LogP contribution in [0, 0.1) is 0 Å². The first-order valence-corrected chi connectivity index (χ1v) is 28.6. The van der Waals surface area contributed by atoms with Crippen molar-refractivity contribution in [3.05, 3.63) is 11.6 Å². The van der Waals surface area contributed by atoms with Crippen LogP contribution < -0.4 is 0 Å². The second-order valence-corrected chi connectivity index (χ2v) is 25.4. The van der Waals surface area contributed by atoms with Gasteiger partial charge in [0, 0.05) is 77.0 Å². The molecule has 0 amide bonds. The second kappa shape index (κ2) is 19.2. The van der Waals surface area contributed by atoms with Crippen LogP contribution in [-0.2, 0) is 71.1 Å². The Hall–Kier alpha value is -1.27. The minimum absolute atomic E-state index is 0.0583. The summed E-state index contributed by atoms with van der Waals surface area (Å²) in [6.07, 6.45) is 6.26. The zero-order valence-electron chi connectivity index (χ0n) is 42.9. The summed E-state index contributed by atoms with van der Waals surface area (Å²) in [7, 11) is 0. The monoisotopic (exact) mass is 1030 g/mol. The van der Waals surface area contributed by atoms with Crippen molar-refractivity contribution in [3.63, 3.8) is 0 Å². The minimum Gasteiger partial charge on any atom is -0.390 e. The fourth-order valence-electron chi connectivity index (χ4n) is 16.5. The lowest BCUT2D eigenvalue weighted by molar-refractivity contribution is -0.329. The zero-order valence-corrected chi connectivity index (χ0v) is 42.9. The molecule has 14 rings (SSSR count). The van der Waals surface area contributed by atoms with E-state index in [4.69, 9.17) is 66.3 Å². The number of carbonyl (C=O) groups is 1. The lowest BCUT2D eigenvalue weighted by atomic mass is 9.80. The average molecular weight is 1030 g/mol. The molecular weight excluding hydrogens is 949 g/mol. The summed E-state index contributed by atoms with van der Waals surface area (Å²) < 4.78 is 95.5. The fraction of sp³-hybridized carbons (Fsp3) is 0.945. The predicted molar refractivity (Wildman–Crippen MR) is 252 cm³/mol. The molecule has 0 aromatic carbocycles. The van der Waals surface area contributed by atoms with Crippen LogP contribution in [0.3, 0.4) is 0 Å². The molecule has 31 atom stereocenters. The molecule has 0 aromatic rings. The summed E-state index contributed by atoms with van der Waals surface area (Å²) in [4.78, 5) is 11.2. The van der Waals surface area contributed by atoms with Gasteiger partial charge in [0.15, 0.2) is 0 Å². The Morgan fingerprint density at radius 3 is 1.37 bits per heavy atom. The molecule has 14 saturated heterocycles. The Balaban J connectivity index is 0.602. The number of hydrogen-bond acceptors (Lipinski definition) is 18. The van der Waals surface area contributed by atoms with Crippen molar-refractivity contribution in [1.29, 1.82) is 0 Å². The molecule has 0 unspecified atom stereocenters. The van der Waals surface area contributed by atoms with Crippen LogP contribution in [0.25, 0.3) is 0 Å². The van der Waals surface area contributed by atoms with Crippen molar-refractivity contribution in [3.8, 4) is 0 Å². The Morgan fingerprint density at radius 2 is 0.808 bits per heavy atom. The summed E-state index contributed by atoms with van der Waals surface area (Å²) in [5.41, 5.74) is -0.494. The zero-order chi connectivity index (χ0) is 49.7. The van der Waals surface area contributed by atoms with Crippen LogP contribution in [0.1, 0.15) is 137 Å². The number of aldehydes is 1. The molecule has 14 fully saturated rings. The highest BCUT2D eigenvalue weighted by atomic mass is 16.7. The van der Waals surface area contributed by atoms with E-state index >= 15 is 0 Å². The van der Waals surface area contributed by atoms with E-state index in [1.165, 1.54) is 0 Å². The van der Waals surface area contributed by atoms with Crippen LogP contribution in [0.5, 0.6) is 0 Å². The Morgan fingerprint density at radius 1 is 0.425 bits per heavy atom. The number of rotatable bonds is 3. The van der Waals surface area contributed by atoms with E-state index in [9.17, 15) is 20.1 Å². The van der Waals surface area contributed by atoms with Gasteiger partial charge in [-0.2, -0.15) is 0 Å². The number of ether oxygens (including phenoxy) is 14. The van der Waals surface area contributed by atoms with Crippen molar-refractivity contribution >= 4 is 6.29 Å². The normalized spacial score (nSPS) is 59.3. The first-order chi connectivity index (χ1) is 35.2. The van der Waals surface area contributed by atoms with Crippen molar-refractivity contribution in [2.45, 2.75) is 325 Å². The average Bonchev–Trinajstić information content (AvgIpc) is 3.41. The summed E-state index contributed by atoms with van der Waals surface area (Å²) >= 11 is 0. The third-order valence-electron chi connectivity index (χ3n) is 20.4. The van der Waals surface area contributed by atoms with Gasteiger partial charge in [0.25, 0.3) is 0 Å². The maximum Gasteiger partial charge on any atom is 0.145 e. The number of aliphatic hydroxyl groups excluding tert-OH is 3. The largest absolute Gasteiger partial charge is 0.390 e. The van der Waals surface area contributed by atoms with Gasteiger partial charge in [-0.15, -0.1) is 0 Å². The number of aliphatic hydroxyl groups is 3. The van der Waals surface area contributed by atoms with Gasteiger partial charge in [0.2, 0.25) is 0 Å². The Labute approximate surface area is 428 Å². The first kappa shape index (κ1) is 50.0. The number of allylic oxidation sites excluding steroid dienone is 1. The first-order valence-electron chi connectivity index (χ1n) is 28.6. The SMILES string of the molecule is C/C(C=O)=C\C[C@H]1C[C@@H]2O[C@@H]3C[C@@H]4O[C@@H]5C[C@@H]6O[C@@H]7CC[C@@H]8O[C@@H]9C[C@@H]%10O[C@@H]%11C[C@]%12(C)O[C@@H]%13C[C@@H]%14O[C@H](C)[C@@H](O)C[C@H]%14O[C@H]%13CC[C@H]%12O[C@H]%11C[C@H]%10O[C@H]9C[C@H]8O[C@@]7(C)C[C@H]6O[C@H]5[C@@H](O)C[C@H]4O[C@H]3[C@@H](O)C[C@H]2O1. The molecule has 0 spiro atoms. The van der Waals surface area contributed by atoms with Gasteiger partial charge in [-0.1, -0.05) is 6.08 Å². The fourth-order valence-corrected chi connectivity index (χ4v) is 16.5. The van der Waals surface area contributed by atoms with Crippen LogP contribution in [0.15, 0.2) is 11.6 Å². The molecular formula is C55H80O18. The summed E-state index contributed by atoms with van der Waals surface area (Å²) in [6, 6.07) is 0. The molecule has 0 radical (unpaired) electrons. The van der Waals surface area contributed by atoms with E-state index in [0.717, 1.165) is 64.1 Å². The molecule has 18 heteroatoms. The van der Waals surface area contributed by atoms with Crippen LogP contribution in [0.4, 0.5) is 0 Å². The van der Waals surface area contributed by atoms with Crippen LogP contribution >= 0.6 is 0 Å². The minimum atomic E-state index is -0.837. The van der Waals surface area contributed by atoms with Gasteiger partial charge in [0.1, 0.15) is 18.5 Å². The van der Waals surface area contributed by atoms with Gasteiger partial charge >= 0.3 is 0 Å². The molecule has 3 N–H and O–H groups in total. The Bertz CT molecular complexity index is 2060. The maximum absolute atomic E-state index is 11.8. The van der Waals surface area contributed by atoms with Gasteiger partial charge in [0.05, 0.1) is 176 Å². The standard InChI is InChI=1S/C55H80O18/c1-24(23-56)5-6-26-11-32-33(61-26)13-28(58)52-46(65-32)19-41-35(70-52)14-29(59)53-47(66-41)20-43-49(71-53)22-55(4)51(69-43)10-8-31-45(73-55)18-40-37(63-31)15-39-38(64-40)16-42-48(67-39)21-54(3)50(68-42)9-7-30-44(72-54)17-36-34(62-30)12-27(57)25(2)60-36/h5,23,25-53,57-59H,6-22H2,1-4H3/b24-5+/t25-,26+,27+,28+,29+,30+,31+,32+,33-,34-,35-,36+,37-,38-,39+,40+,41+,42+,43+,44-,45-,46-,47-,48-,49-,50-,51-,52+,53+,54+,55+/m1/s1. The summed E-state index contributed by atoms with van der Waals surface area (Å²) in [5, 5.41) is 33.8. The van der Waals surface area contributed by atoms with E-state index in [-0.39, 0.29) is 128 Å². The highest BCUT2D eigenvalue weighted by Crippen LogP contribution is 2.52. The van der Waals surface area contributed by atoms with Gasteiger partial charge in [-0.3, -0.25) is 4.79 Å². The smallest absolute Gasteiger partial charge is 0.145 e. The highest BCUT2D eigenvalue weighted by molar-refractivity contribution is 5.71. The topological polar surface area (TPSA) is 207 Å². The van der Waals surface area contributed by atoms with E-state index < -0.39 is 60.0 Å². The van der Waals surface area contributed by atoms with E-state index in [1.54, 1.807) is 6.92 Å². The van der Waals surface area contributed by atoms with E-state index in [2.05, 4.69) is 13.8 Å². The molecule has 14 heterocycles. The van der Waals surface area contributed by atoms with Crippen LogP contribution in [-0.4, -0.2) is 210 Å². The molecule has 14 aliphatic rings. The third-order valence-corrected chi connectivity index (χ3v) is 20.4. The van der Waals surface area contributed by atoms with Gasteiger partial charge < -0.3 is 81.6 Å². The van der Waals surface area contributed by atoms with E-state index in [1.807, 2.05) is 13.0 Å². The van der Waals surface area contributed by atoms with Crippen molar-refractivity contribution in [1.82, 2.24) is 0 Å². The van der Waals surface area contributed by atoms with Crippen LogP contribution in [0.2, 0.25) is 0 Å². The summed E-state index contributed by atoms with van der Waals surface area (Å²) in [6.45, 7) is 8.07. The quantitative estimate of drug-likeness (QED) is 0.274. The number of fused-ring (bicyclic) bond motifs is 13. The van der Waals surface area contributed by atoms with Crippen molar-refractivity contribution in [2.75, 3.05) is 0 Å². The maximum atomic E-state index is 11.8. The lowest BCUT2D eigenvalue weighted by Gasteiger charge is -2.56. The molecule has 73 heavy (non-hydrogen) atoms. The highest BCUT2D eigenvalue weighted by Gasteiger charge is 2.62. The molecule has 0 bridgehead atoms. The molecule has 0 aliphatic carbocycles. The molecule has 0 saturated carbocycles. The molecule has 14 aliphatic heterocycles. The van der Waals surface area contributed by atoms with Crippen molar-refractivity contribution in [2.24, 2.45) is 0 Å². The number of carbonyl (C=O) groups excluding carboxylic acids is 1. The predicted octanol–water partition coefficient (Wildman–Crippen LogP) is 3.39. The third kappa shape index (κ3) is 9.09. The van der Waals surface area contributed by atoms with Crippen molar-refractivity contribution < 1.29 is 86.4 Å². The molecule has 0 aromatic heterocycles. The Kier molecular flexibility index (Phi) is 13.2. The number of hydrogen-bond donors (Lipinski definition) is 3. The second-order valence-electron chi connectivity index (χ2n) is 25.4. The van der Waals surface area contributed by atoms with E-state index in [0.29, 0.717) is 56.9 Å².